The minimum absolute atomic E-state index is 0.199. The van der Waals surface area contributed by atoms with Gasteiger partial charge in [-0.05, 0) is 24.1 Å². The average molecular weight is 208 g/mol. The van der Waals surface area contributed by atoms with E-state index in [-0.39, 0.29) is 12.5 Å². The van der Waals surface area contributed by atoms with Gasteiger partial charge >= 0.3 is 0 Å². The van der Waals surface area contributed by atoms with E-state index in [1.807, 2.05) is 25.1 Å². The van der Waals surface area contributed by atoms with E-state index in [1.165, 1.54) is 0 Å². The Labute approximate surface area is 89.4 Å². The number of carbonyl (C=O) groups excluding carboxylic acids is 1. The number of amides is 1. The van der Waals surface area contributed by atoms with Crippen molar-refractivity contribution in [2.75, 3.05) is 13.7 Å². The van der Waals surface area contributed by atoms with Gasteiger partial charge in [-0.1, -0.05) is 12.1 Å². The molecule has 0 saturated heterocycles. The van der Waals surface area contributed by atoms with Crippen molar-refractivity contribution < 1.29 is 9.53 Å². The molecule has 0 bridgehead atoms. The number of carbonyl (C=O) groups is 1. The number of hydrogen-bond acceptors (Lipinski definition) is 3. The fraction of sp³-hybridized carbons (Fsp3) is 0.364. The van der Waals surface area contributed by atoms with Crippen LogP contribution in [0.4, 0.5) is 0 Å². The van der Waals surface area contributed by atoms with Gasteiger partial charge < -0.3 is 15.8 Å². The van der Waals surface area contributed by atoms with Crippen LogP contribution in [0.1, 0.15) is 11.1 Å². The highest BCUT2D eigenvalue weighted by molar-refractivity contribution is 5.75. The van der Waals surface area contributed by atoms with E-state index in [1.54, 1.807) is 7.11 Å². The fourth-order valence-corrected chi connectivity index (χ4v) is 1.38. The quantitative estimate of drug-likeness (QED) is 0.744. The van der Waals surface area contributed by atoms with Gasteiger partial charge in [-0.25, -0.2) is 0 Å². The lowest BCUT2D eigenvalue weighted by molar-refractivity contribution is -0.117. The summed E-state index contributed by atoms with van der Waals surface area (Å²) in [5, 5.41) is 2.95. The van der Waals surface area contributed by atoms with Crippen molar-refractivity contribution in [3.63, 3.8) is 0 Å². The topological polar surface area (TPSA) is 64.3 Å². The maximum Gasteiger partial charge on any atom is 0.231 e. The number of rotatable bonds is 5. The Kier molecular flexibility index (Phi) is 4.12. The van der Waals surface area contributed by atoms with Crippen LogP contribution in [0.25, 0.3) is 0 Å². The second kappa shape index (κ2) is 5.36. The predicted octanol–water partition coefficient (Wildman–Crippen LogP) is 0.579. The van der Waals surface area contributed by atoms with Gasteiger partial charge in [-0.2, -0.15) is 0 Å². The number of aryl methyl sites for hydroxylation is 1. The molecule has 4 nitrogen and oxygen atoms in total. The Bertz CT molecular complexity index is 350. The van der Waals surface area contributed by atoms with Gasteiger partial charge in [0.1, 0.15) is 5.75 Å². The summed E-state index contributed by atoms with van der Waals surface area (Å²) in [6.07, 6.45) is 0. The largest absolute Gasteiger partial charge is 0.496 e. The minimum atomic E-state index is -0.347. The standard InChI is InChI=1S/C11H16N2O2/c1-8-5-9(3-4-10(8)15-2)6-13-7-11(12)14/h3-5,13H,6-7H2,1-2H3,(H2,12,14). The van der Waals surface area contributed by atoms with Crippen LogP contribution in [0, 0.1) is 6.92 Å². The molecule has 1 rings (SSSR count). The molecule has 0 fully saturated rings. The molecular weight excluding hydrogens is 192 g/mol. The molecule has 82 valence electrons. The zero-order valence-corrected chi connectivity index (χ0v) is 9.04. The summed E-state index contributed by atoms with van der Waals surface area (Å²) in [6, 6.07) is 5.89. The fourth-order valence-electron chi connectivity index (χ4n) is 1.38. The molecule has 0 aliphatic carbocycles. The SMILES string of the molecule is COc1ccc(CNCC(N)=O)cc1C. The van der Waals surface area contributed by atoms with Crippen molar-refractivity contribution in [3.05, 3.63) is 29.3 Å². The molecule has 4 heteroatoms. The normalized spacial score (nSPS) is 10.0. The van der Waals surface area contributed by atoms with Crippen LogP contribution < -0.4 is 15.8 Å². The molecule has 1 aromatic carbocycles. The van der Waals surface area contributed by atoms with Crippen molar-refractivity contribution >= 4 is 5.91 Å². The molecule has 1 amide bonds. The summed E-state index contributed by atoms with van der Waals surface area (Å²) < 4.78 is 5.15. The van der Waals surface area contributed by atoms with Gasteiger partial charge in [-0.3, -0.25) is 4.79 Å². The Morgan fingerprint density at radius 2 is 2.27 bits per heavy atom. The molecule has 0 unspecified atom stereocenters. The lowest BCUT2D eigenvalue weighted by Crippen LogP contribution is -2.28. The summed E-state index contributed by atoms with van der Waals surface area (Å²) in [5.41, 5.74) is 7.20. The zero-order valence-electron chi connectivity index (χ0n) is 9.04. The smallest absolute Gasteiger partial charge is 0.231 e. The lowest BCUT2D eigenvalue weighted by Gasteiger charge is -2.07. The molecule has 15 heavy (non-hydrogen) atoms. The number of nitrogens with two attached hydrogens (primary N) is 1. The van der Waals surface area contributed by atoms with Crippen LogP contribution in [-0.2, 0) is 11.3 Å². The van der Waals surface area contributed by atoms with Gasteiger partial charge in [-0.15, -0.1) is 0 Å². The Hall–Kier alpha value is -1.55. The highest BCUT2D eigenvalue weighted by Crippen LogP contribution is 2.18. The Morgan fingerprint density at radius 1 is 1.53 bits per heavy atom. The monoisotopic (exact) mass is 208 g/mol. The van der Waals surface area contributed by atoms with Crippen molar-refractivity contribution in [2.24, 2.45) is 5.73 Å². The highest BCUT2D eigenvalue weighted by Gasteiger charge is 2.00. The first-order chi connectivity index (χ1) is 7.13. The van der Waals surface area contributed by atoms with Crippen LogP contribution in [0.5, 0.6) is 5.75 Å². The van der Waals surface area contributed by atoms with Crippen molar-refractivity contribution in [1.29, 1.82) is 0 Å². The van der Waals surface area contributed by atoms with Gasteiger partial charge in [0.25, 0.3) is 0 Å². The van der Waals surface area contributed by atoms with E-state index in [0.717, 1.165) is 16.9 Å². The molecule has 3 N–H and O–H groups in total. The third-order valence-corrected chi connectivity index (χ3v) is 2.09. The van der Waals surface area contributed by atoms with Crippen LogP contribution in [0.2, 0.25) is 0 Å². The van der Waals surface area contributed by atoms with E-state index in [0.29, 0.717) is 6.54 Å². The molecule has 1 aromatic rings. The maximum atomic E-state index is 10.5. The lowest BCUT2D eigenvalue weighted by atomic mass is 10.1. The third-order valence-electron chi connectivity index (χ3n) is 2.09. The van der Waals surface area contributed by atoms with Crippen LogP contribution in [0.15, 0.2) is 18.2 Å². The molecule has 0 aliphatic rings. The second-order valence-corrected chi connectivity index (χ2v) is 3.37. The summed E-state index contributed by atoms with van der Waals surface area (Å²) in [4.78, 5) is 10.5. The van der Waals surface area contributed by atoms with E-state index in [4.69, 9.17) is 10.5 Å². The highest BCUT2D eigenvalue weighted by atomic mass is 16.5. The summed E-state index contributed by atoms with van der Waals surface area (Å²) in [5.74, 6) is 0.522. The maximum absolute atomic E-state index is 10.5. The van der Waals surface area contributed by atoms with E-state index in [2.05, 4.69) is 5.32 Å². The number of benzene rings is 1. The Balaban J connectivity index is 2.55. The average Bonchev–Trinajstić information content (AvgIpc) is 2.17. The molecule has 0 heterocycles. The number of nitrogens with one attached hydrogen (secondary N) is 1. The molecule has 0 radical (unpaired) electrons. The number of primary amides is 1. The van der Waals surface area contributed by atoms with Crippen LogP contribution >= 0.6 is 0 Å². The van der Waals surface area contributed by atoms with Crippen LogP contribution in [0.3, 0.4) is 0 Å². The van der Waals surface area contributed by atoms with E-state index < -0.39 is 0 Å². The number of hydrogen-bond donors (Lipinski definition) is 2. The van der Waals surface area contributed by atoms with Crippen molar-refractivity contribution in [2.45, 2.75) is 13.5 Å². The summed E-state index contributed by atoms with van der Waals surface area (Å²) in [7, 11) is 1.65. The van der Waals surface area contributed by atoms with Crippen molar-refractivity contribution in [3.8, 4) is 5.75 Å². The first-order valence-electron chi connectivity index (χ1n) is 4.76. The Morgan fingerprint density at radius 3 is 2.80 bits per heavy atom. The van der Waals surface area contributed by atoms with Crippen molar-refractivity contribution in [1.82, 2.24) is 5.32 Å². The third kappa shape index (κ3) is 3.59. The first kappa shape index (κ1) is 11.5. The van der Waals surface area contributed by atoms with Gasteiger partial charge in [0.15, 0.2) is 0 Å². The molecule has 0 aliphatic heterocycles. The van der Waals surface area contributed by atoms with Gasteiger partial charge in [0.2, 0.25) is 5.91 Å². The molecule has 0 spiro atoms. The summed E-state index contributed by atoms with van der Waals surface area (Å²) in [6.45, 7) is 2.81. The first-order valence-corrected chi connectivity index (χ1v) is 4.76. The number of methoxy groups -OCH3 is 1. The van der Waals surface area contributed by atoms with Gasteiger partial charge in [0.05, 0.1) is 13.7 Å². The molecule has 0 atom stereocenters. The number of ether oxygens (including phenoxy) is 1. The molecule has 0 saturated carbocycles. The zero-order chi connectivity index (χ0) is 11.3. The van der Waals surface area contributed by atoms with Crippen LogP contribution in [-0.4, -0.2) is 19.6 Å². The summed E-state index contributed by atoms with van der Waals surface area (Å²) >= 11 is 0. The molecule has 0 aromatic heterocycles. The van der Waals surface area contributed by atoms with E-state index >= 15 is 0 Å². The second-order valence-electron chi connectivity index (χ2n) is 3.37. The van der Waals surface area contributed by atoms with E-state index in [9.17, 15) is 4.79 Å². The predicted molar refractivity (Wildman–Crippen MR) is 58.6 cm³/mol. The minimum Gasteiger partial charge on any atom is -0.496 e. The van der Waals surface area contributed by atoms with Gasteiger partial charge in [0, 0.05) is 6.54 Å². The molecular formula is C11H16N2O2.